The molecule has 0 unspecified atom stereocenters. The highest BCUT2D eigenvalue weighted by Crippen LogP contribution is 2.29. The third-order valence-corrected chi connectivity index (χ3v) is 4.34. The number of hydrogen-bond donors (Lipinski definition) is 0. The molecule has 0 saturated heterocycles. The van der Waals surface area contributed by atoms with Gasteiger partial charge in [0.15, 0.2) is 0 Å². The van der Waals surface area contributed by atoms with Gasteiger partial charge in [0.2, 0.25) is 0 Å². The predicted molar refractivity (Wildman–Crippen MR) is 59.2 cm³/mol. The van der Waals surface area contributed by atoms with Gasteiger partial charge in [-0.2, -0.15) is 13.2 Å². The van der Waals surface area contributed by atoms with Crippen molar-refractivity contribution in [1.82, 2.24) is 0 Å². The number of hydrogen-bond acceptors (Lipinski definition) is 0. The van der Waals surface area contributed by atoms with Gasteiger partial charge in [-0.15, -0.1) is 0 Å². The lowest BCUT2D eigenvalue weighted by atomic mass is 10.1. The zero-order chi connectivity index (χ0) is 11.9. The van der Waals surface area contributed by atoms with Crippen LogP contribution < -0.4 is 5.19 Å². The monoisotopic (exact) mass is 232 g/mol. The Balaban J connectivity index is 3.41. The fourth-order valence-corrected chi connectivity index (χ4v) is 3.15. The first-order chi connectivity index (χ1) is 6.62. The van der Waals surface area contributed by atoms with E-state index in [1.165, 1.54) is 6.07 Å². The Bertz CT molecular complexity index is 361. The summed E-state index contributed by atoms with van der Waals surface area (Å²) in [5.41, 5.74) is 0.200. The molecule has 0 radical (unpaired) electrons. The van der Waals surface area contributed by atoms with Crippen LogP contribution in [0.1, 0.15) is 11.1 Å². The van der Waals surface area contributed by atoms with E-state index in [1.807, 2.05) is 19.6 Å². The van der Waals surface area contributed by atoms with Crippen LogP contribution in [0, 0.1) is 6.92 Å². The Morgan fingerprint density at radius 1 is 1.07 bits per heavy atom. The quantitative estimate of drug-likeness (QED) is 0.649. The van der Waals surface area contributed by atoms with E-state index in [2.05, 4.69) is 0 Å². The van der Waals surface area contributed by atoms with Crippen LogP contribution in [0.15, 0.2) is 18.2 Å². The molecule has 0 aromatic heterocycles. The van der Waals surface area contributed by atoms with E-state index < -0.39 is 19.8 Å². The van der Waals surface area contributed by atoms with Gasteiger partial charge in [-0.3, -0.25) is 0 Å². The maximum absolute atomic E-state index is 12.8. The van der Waals surface area contributed by atoms with Crippen molar-refractivity contribution >= 4 is 13.3 Å². The second-order valence-electron chi connectivity index (χ2n) is 4.80. The van der Waals surface area contributed by atoms with Crippen molar-refractivity contribution in [3.05, 3.63) is 29.3 Å². The number of alkyl halides is 3. The van der Waals surface area contributed by atoms with Gasteiger partial charge in [-0.25, -0.2) is 0 Å². The van der Waals surface area contributed by atoms with Gasteiger partial charge < -0.3 is 0 Å². The number of halogens is 3. The molecule has 1 aromatic carbocycles. The molecule has 0 bridgehead atoms. The summed E-state index contributed by atoms with van der Waals surface area (Å²) in [6.07, 6.45) is -4.23. The summed E-state index contributed by atoms with van der Waals surface area (Å²) in [6.45, 7) is 7.45. The minimum atomic E-state index is -4.23. The Morgan fingerprint density at radius 3 is 2.00 bits per heavy atom. The first-order valence-electron chi connectivity index (χ1n) is 4.80. The molecule has 0 nitrogen and oxygen atoms in total. The fraction of sp³-hybridized carbons (Fsp3) is 0.455. The molecular formula is C11H15F3Si. The molecule has 0 heterocycles. The van der Waals surface area contributed by atoms with E-state index in [9.17, 15) is 13.2 Å². The molecule has 0 aliphatic carbocycles. The Labute approximate surface area is 89.1 Å². The van der Waals surface area contributed by atoms with Crippen LogP contribution in [-0.2, 0) is 6.18 Å². The van der Waals surface area contributed by atoms with Gasteiger partial charge in [-0.05, 0) is 18.2 Å². The topological polar surface area (TPSA) is 0 Å². The Morgan fingerprint density at radius 2 is 1.60 bits per heavy atom. The highest BCUT2D eigenvalue weighted by molar-refractivity contribution is 6.89. The summed E-state index contributed by atoms with van der Waals surface area (Å²) >= 11 is 0. The van der Waals surface area contributed by atoms with E-state index >= 15 is 0 Å². The third-order valence-electron chi connectivity index (χ3n) is 2.29. The third kappa shape index (κ3) is 2.84. The van der Waals surface area contributed by atoms with Crippen LogP contribution >= 0.6 is 0 Å². The molecular weight excluding hydrogens is 217 g/mol. The summed E-state index contributed by atoms with van der Waals surface area (Å²) in [5, 5.41) is 0.487. The van der Waals surface area contributed by atoms with Gasteiger partial charge in [0.05, 0.1) is 13.6 Å². The van der Waals surface area contributed by atoms with Crippen molar-refractivity contribution in [2.45, 2.75) is 32.7 Å². The van der Waals surface area contributed by atoms with Gasteiger partial charge in [0, 0.05) is 0 Å². The smallest absolute Gasteiger partial charge is 0.166 e. The zero-order valence-corrected chi connectivity index (χ0v) is 10.4. The van der Waals surface area contributed by atoms with E-state index in [-0.39, 0.29) is 0 Å². The minimum absolute atomic E-state index is 0.457. The van der Waals surface area contributed by atoms with E-state index in [0.29, 0.717) is 10.8 Å². The van der Waals surface area contributed by atoms with Crippen LogP contribution in [0.4, 0.5) is 13.2 Å². The van der Waals surface area contributed by atoms with Crippen molar-refractivity contribution in [1.29, 1.82) is 0 Å². The summed E-state index contributed by atoms with van der Waals surface area (Å²) in [5.74, 6) is 0. The van der Waals surface area contributed by atoms with Crippen molar-refractivity contribution in [3.8, 4) is 0 Å². The standard InChI is InChI=1S/C11H15F3Si/c1-8-5-6-10(15(2,3)4)9(7-8)11(12,13)14/h5-7H,1-4H3. The zero-order valence-electron chi connectivity index (χ0n) is 9.37. The second kappa shape index (κ2) is 3.67. The molecule has 15 heavy (non-hydrogen) atoms. The van der Waals surface area contributed by atoms with E-state index in [4.69, 9.17) is 0 Å². The second-order valence-corrected chi connectivity index (χ2v) is 9.84. The highest BCUT2D eigenvalue weighted by atomic mass is 28.3. The molecule has 1 aromatic rings. The lowest BCUT2D eigenvalue weighted by Crippen LogP contribution is -2.42. The molecule has 84 valence electrons. The first-order valence-corrected chi connectivity index (χ1v) is 8.30. The average molecular weight is 232 g/mol. The van der Waals surface area contributed by atoms with Gasteiger partial charge >= 0.3 is 6.18 Å². The van der Waals surface area contributed by atoms with Crippen LogP contribution in [-0.4, -0.2) is 8.07 Å². The van der Waals surface area contributed by atoms with Gasteiger partial charge in [0.25, 0.3) is 0 Å². The maximum Gasteiger partial charge on any atom is 0.416 e. The SMILES string of the molecule is Cc1ccc([Si](C)(C)C)c(C(F)(F)F)c1. The number of aryl methyl sites for hydroxylation is 1. The predicted octanol–water partition coefficient (Wildman–Crippen LogP) is 3.56. The molecule has 0 saturated carbocycles. The largest absolute Gasteiger partial charge is 0.416 e. The molecule has 0 fully saturated rings. The molecule has 0 amide bonds. The summed E-state index contributed by atoms with van der Waals surface area (Å²) in [4.78, 5) is 0. The first kappa shape index (κ1) is 12.3. The molecule has 0 aliphatic rings. The lowest BCUT2D eigenvalue weighted by molar-refractivity contribution is -0.136. The summed E-state index contributed by atoms with van der Waals surface area (Å²) < 4.78 is 38.3. The van der Waals surface area contributed by atoms with E-state index in [1.54, 1.807) is 19.1 Å². The van der Waals surface area contributed by atoms with Crippen LogP contribution in [0.5, 0.6) is 0 Å². The molecule has 1 rings (SSSR count). The van der Waals surface area contributed by atoms with E-state index in [0.717, 1.165) is 0 Å². The fourth-order valence-electron chi connectivity index (χ4n) is 1.55. The molecule has 0 spiro atoms. The van der Waals surface area contributed by atoms with Crippen LogP contribution in [0.2, 0.25) is 19.6 Å². The van der Waals surface area contributed by atoms with Crippen LogP contribution in [0.25, 0.3) is 0 Å². The average Bonchev–Trinajstić information content (AvgIpc) is 2.00. The summed E-state index contributed by atoms with van der Waals surface area (Å²) in [7, 11) is -1.93. The lowest BCUT2D eigenvalue weighted by Gasteiger charge is -2.22. The van der Waals surface area contributed by atoms with Crippen molar-refractivity contribution in [2.24, 2.45) is 0 Å². The summed E-state index contributed by atoms with van der Waals surface area (Å²) in [6, 6.07) is 4.63. The van der Waals surface area contributed by atoms with Crippen molar-refractivity contribution in [3.63, 3.8) is 0 Å². The normalized spacial score (nSPS) is 13.0. The Hall–Kier alpha value is -0.773. The van der Waals surface area contributed by atoms with Crippen molar-refractivity contribution < 1.29 is 13.2 Å². The molecule has 0 N–H and O–H groups in total. The maximum atomic E-state index is 12.8. The highest BCUT2D eigenvalue weighted by Gasteiger charge is 2.36. The Kier molecular flexibility index (Phi) is 3.00. The molecule has 0 aliphatic heterocycles. The minimum Gasteiger partial charge on any atom is -0.166 e. The molecule has 4 heteroatoms. The van der Waals surface area contributed by atoms with Crippen LogP contribution in [0.3, 0.4) is 0 Å². The number of benzene rings is 1. The molecule has 0 atom stereocenters. The van der Waals surface area contributed by atoms with Crippen molar-refractivity contribution in [2.75, 3.05) is 0 Å². The van der Waals surface area contributed by atoms with Gasteiger partial charge in [-0.1, -0.05) is 37.3 Å². The van der Waals surface area contributed by atoms with Gasteiger partial charge in [0.1, 0.15) is 0 Å². The number of rotatable bonds is 1.